The van der Waals surface area contributed by atoms with Crippen LogP contribution in [-0.4, -0.2) is 28.4 Å². The average Bonchev–Trinajstić information content (AvgIpc) is 1.84. The molecule has 0 spiro atoms. The second kappa shape index (κ2) is 9.83. The second-order valence-corrected chi connectivity index (χ2v) is 1.33. The molecular weight excluding hydrogens is 181 g/mol. The molecule has 0 saturated carbocycles. The molecule has 0 rings (SSSR count). The Labute approximate surface area is 98.5 Å². The van der Waals surface area contributed by atoms with Crippen molar-refractivity contribution in [1.29, 1.82) is 0 Å². The fourth-order valence-corrected chi connectivity index (χ4v) is 0.235. The summed E-state index contributed by atoms with van der Waals surface area (Å²) in [4.78, 5) is 10.2. The van der Waals surface area contributed by atoms with Crippen molar-refractivity contribution >= 4 is 35.2 Å². The standard InChI is InChI=1S/C4H5ClO3.Al.Na.4H/c1-3(2-6)4(7)8-5;;;;;;/h2,6H,1H3;;;;;;/q;;+1;;;;-1. The van der Waals surface area contributed by atoms with Crippen LogP contribution in [0.4, 0.5) is 0 Å². The van der Waals surface area contributed by atoms with Gasteiger partial charge in [-0.1, -0.05) is 0 Å². The number of halogens is 1. The number of hydrogen-bond donors (Lipinski definition) is 1. The second-order valence-electron chi connectivity index (χ2n) is 1.18. The third-order valence-electron chi connectivity index (χ3n) is 0.586. The van der Waals surface area contributed by atoms with Gasteiger partial charge >= 0.3 is 35.5 Å². The molecule has 10 heavy (non-hydrogen) atoms. The quantitative estimate of drug-likeness (QED) is 0.274. The van der Waals surface area contributed by atoms with Crippen molar-refractivity contribution in [1.82, 2.24) is 0 Å². The Morgan fingerprint density at radius 3 is 2.30 bits per heavy atom. The third kappa shape index (κ3) is 6.95. The van der Waals surface area contributed by atoms with E-state index in [0.29, 0.717) is 6.26 Å². The molecule has 0 aromatic heterocycles. The smallest absolute Gasteiger partial charge is 1.00 e. The van der Waals surface area contributed by atoms with Crippen molar-refractivity contribution in [3.05, 3.63) is 11.8 Å². The summed E-state index contributed by atoms with van der Waals surface area (Å²) in [6.45, 7) is 1.38. The van der Waals surface area contributed by atoms with Gasteiger partial charge in [0.1, 0.15) is 11.9 Å². The van der Waals surface area contributed by atoms with E-state index in [2.05, 4.69) is 16.2 Å². The average molecular weight is 191 g/mol. The molecule has 0 atom stereocenters. The minimum Gasteiger partial charge on any atom is -1.00 e. The van der Waals surface area contributed by atoms with E-state index < -0.39 is 5.97 Å². The van der Waals surface area contributed by atoms with Gasteiger partial charge in [-0.05, 0) is 6.92 Å². The molecule has 0 fully saturated rings. The van der Waals surface area contributed by atoms with Crippen LogP contribution in [0.25, 0.3) is 0 Å². The van der Waals surface area contributed by atoms with Crippen LogP contribution in [0, 0.1) is 0 Å². The van der Waals surface area contributed by atoms with E-state index in [1.165, 1.54) is 6.92 Å². The number of aliphatic hydroxyl groups is 1. The molecule has 0 unspecified atom stereocenters. The summed E-state index contributed by atoms with van der Waals surface area (Å²) in [6.07, 6.45) is 0.630. The van der Waals surface area contributed by atoms with Gasteiger partial charge in [0.2, 0.25) is 0 Å². The summed E-state index contributed by atoms with van der Waals surface area (Å²) in [6, 6.07) is 0. The normalized spacial score (nSPS) is 8.80. The maximum absolute atomic E-state index is 10.2. The molecule has 3 nitrogen and oxygen atoms in total. The molecule has 0 aliphatic heterocycles. The summed E-state index contributed by atoms with van der Waals surface area (Å²) < 4.78 is 3.71. The predicted octanol–water partition coefficient (Wildman–Crippen LogP) is -2.92. The number of hydrogen-bond acceptors (Lipinski definition) is 3. The van der Waals surface area contributed by atoms with Crippen molar-refractivity contribution in [3.8, 4) is 0 Å². The summed E-state index contributed by atoms with van der Waals surface area (Å²) >= 11 is 4.62. The minimum absolute atomic E-state index is 0. The van der Waals surface area contributed by atoms with Gasteiger partial charge in [0.05, 0.1) is 11.8 Å². The van der Waals surface area contributed by atoms with Crippen LogP contribution < -0.4 is 29.6 Å². The zero-order valence-corrected chi connectivity index (χ0v) is 7.97. The molecule has 1 N–H and O–H groups in total. The van der Waals surface area contributed by atoms with Gasteiger partial charge in [0.15, 0.2) is 17.4 Å². The molecule has 0 saturated heterocycles. The van der Waals surface area contributed by atoms with Gasteiger partial charge < -0.3 is 10.8 Å². The number of aliphatic hydroxyl groups excluding tert-OH is 1. The van der Waals surface area contributed by atoms with E-state index in [0.717, 1.165) is 0 Å². The van der Waals surface area contributed by atoms with E-state index >= 15 is 0 Å². The van der Waals surface area contributed by atoms with Crippen molar-refractivity contribution in [2.45, 2.75) is 6.92 Å². The Morgan fingerprint density at radius 1 is 1.80 bits per heavy atom. The van der Waals surface area contributed by atoms with Crippen LogP contribution in [0.15, 0.2) is 11.8 Å². The number of carbonyl (C=O) groups excluding carboxylic acids is 1. The minimum atomic E-state index is -0.742. The fourth-order valence-electron chi connectivity index (χ4n) is 0.114. The molecule has 0 aliphatic carbocycles. The maximum Gasteiger partial charge on any atom is 1.00 e. The molecule has 0 aliphatic rings. The predicted molar refractivity (Wildman–Crippen MR) is 39.4 cm³/mol. The molecule has 0 bridgehead atoms. The Morgan fingerprint density at radius 2 is 2.20 bits per heavy atom. The van der Waals surface area contributed by atoms with Gasteiger partial charge in [-0.15, -0.1) is 0 Å². The number of carbonyl (C=O) groups is 1. The van der Waals surface area contributed by atoms with Crippen molar-refractivity contribution in [3.63, 3.8) is 0 Å². The maximum atomic E-state index is 10.2. The Kier molecular flexibility index (Phi) is 16.8. The van der Waals surface area contributed by atoms with Crippen molar-refractivity contribution in [2.75, 3.05) is 0 Å². The van der Waals surface area contributed by atoms with Crippen LogP contribution >= 0.6 is 11.9 Å². The zero-order chi connectivity index (χ0) is 6.57. The molecule has 0 heterocycles. The van der Waals surface area contributed by atoms with E-state index in [1.54, 1.807) is 0 Å². The summed E-state index contributed by atoms with van der Waals surface area (Å²) in [5.41, 5.74) is 0.0694. The largest absolute Gasteiger partial charge is 1.00 e. The molecule has 0 aromatic rings. The SMILES string of the molecule is CC(=CO)C(=O)OCl.[AlH3].[H-].[Na+]. The van der Waals surface area contributed by atoms with E-state index in [4.69, 9.17) is 5.11 Å². The molecular formula is C4H9AlClNaO3. The fraction of sp³-hybridized carbons (Fsp3) is 0.250. The molecule has 0 radical (unpaired) electrons. The molecule has 54 valence electrons. The van der Waals surface area contributed by atoms with Crippen molar-refractivity contribution < 1.29 is 45.2 Å². The summed E-state index contributed by atoms with van der Waals surface area (Å²) in [7, 11) is 0. The van der Waals surface area contributed by atoms with Crippen LogP contribution in [-0.2, 0) is 9.08 Å². The Bertz CT molecular complexity index is 133. The topological polar surface area (TPSA) is 46.5 Å². The van der Waals surface area contributed by atoms with E-state index in [1.807, 2.05) is 0 Å². The third-order valence-corrected chi connectivity index (χ3v) is 0.726. The van der Waals surface area contributed by atoms with Crippen LogP contribution in [0.3, 0.4) is 0 Å². The van der Waals surface area contributed by atoms with E-state index in [9.17, 15) is 4.79 Å². The monoisotopic (exact) mass is 190 g/mol. The van der Waals surface area contributed by atoms with Gasteiger partial charge in [-0.3, -0.25) is 0 Å². The van der Waals surface area contributed by atoms with Crippen LogP contribution in [0.5, 0.6) is 0 Å². The summed E-state index contributed by atoms with van der Waals surface area (Å²) in [5, 5.41) is 8.11. The van der Waals surface area contributed by atoms with Gasteiger partial charge in [-0.2, -0.15) is 0 Å². The van der Waals surface area contributed by atoms with Crippen molar-refractivity contribution in [2.24, 2.45) is 0 Å². The van der Waals surface area contributed by atoms with Crippen LogP contribution in [0.2, 0.25) is 0 Å². The summed E-state index contributed by atoms with van der Waals surface area (Å²) in [5.74, 6) is -0.742. The first-order valence-electron chi connectivity index (χ1n) is 1.86. The van der Waals surface area contributed by atoms with Gasteiger partial charge in [0.25, 0.3) is 0 Å². The molecule has 0 aromatic carbocycles. The first kappa shape index (κ1) is 17.1. The Hall–Kier alpha value is 0.832. The first-order valence-corrected chi connectivity index (χ1v) is 2.17. The van der Waals surface area contributed by atoms with E-state index in [-0.39, 0.29) is 53.9 Å². The van der Waals surface area contributed by atoms with Gasteiger partial charge in [0, 0.05) is 0 Å². The van der Waals surface area contributed by atoms with Crippen LogP contribution in [0.1, 0.15) is 8.35 Å². The number of rotatable bonds is 1. The van der Waals surface area contributed by atoms with Gasteiger partial charge in [-0.25, -0.2) is 4.79 Å². The molecule has 0 amide bonds. The Balaban J connectivity index is -0.0000000817. The first-order chi connectivity index (χ1) is 3.72. The zero-order valence-electron chi connectivity index (χ0n) is 6.22. The molecule has 6 heteroatoms.